The first-order valence-electron chi connectivity index (χ1n) is 7.19. The zero-order valence-electron chi connectivity index (χ0n) is 12.9. The van der Waals surface area contributed by atoms with E-state index < -0.39 is 5.97 Å². The van der Waals surface area contributed by atoms with Crippen LogP contribution in [0.1, 0.15) is 27.3 Å². The summed E-state index contributed by atoms with van der Waals surface area (Å²) in [6, 6.07) is 7.74. The van der Waals surface area contributed by atoms with Gasteiger partial charge in [0.25, 0.3) is 0 Å². The molecule has 0 spiro atoms. The smallest absolute Gasteiger partial charge is 0.358 e. The summed E-state index contributed by atoms with van der Waals surface area (Å²) in [5.41, 5.74) is 3.90. The van der Waals surface area contributed by atoms with Crippen LogP contribution in [0.2, 0.25) is 0 Å². The Labute approximate surface area is 133 Å². The number of benzene rings is 1. The van der Waals surface area contributed by atoms with Crippen LogP contribution in [0.5, 0.6) is 0 Å². The number of aromatic nitrogens is 4. The number of carbonyl (C=O) groups excluding carboxylic acids is 1. The molecule has 1 aromatic carbocycles. The number of aryl methyl sites for hydroxylation is 2. The maximum atomic E-state index is 12.0. The van der Waals surface area contributed by atoms with E-state index in [-0.39, 0.29) is 12.3 Å². The van der Waals surface area contributed by atoms with Crippen molar-refractivity contribution in [3.8, 4) is 5.69 Å². The molecule has 0 fully saturated rings. The Kier molecular flexibility index (Phi) is 4.14. The number of nitrogens with zero attached hydrogens (tertiary/aromatic N) is 4. The van der Waals surface area contributed by atoms with Crippen LogP contribution in [0.25, 0.3) is 5.69 Å². The van der Waals surface area contributed by atoms with Crippen molar-refractivity contribution < 1.29 is 9.53 Å². The predicted molar refractivity (Wildman–Crippen MR) is 84.2 cm³/mol. The van der Waals surface area contributed by atoms with E-state index in [1.807, 2.05) is 44.3 Å². The Morgan fingerprint density at radius 2 is 2.09 bits per heavy atom. The summed E-state index contributed by atoms with van der Waals surface area (Å²) in [5.74, 6) is -0.479. The molecule has 0 atom stereocenters. The van der Waals surface area contributed by atoms with Gasteiger partial charge < -0.3 is 4.74 Å². The van der Waals surface area contributed by atoms with Crippen molar-refractivity contribution in [2.24, 2.45) is 0 Å². The summed E-state index contributed by atoms with van der Waals surface area (Å²) >= 11 is 0. The Hall–Kier alpha value is -3.02. The van der Waals surface area contributed by atoms with Crippen molar-refractivity contribution in [2.45, 2.75) is 20.5 Å². The lowest BCUT2D eigenvalue weighted by Crippen LogP contribution is -2.09. The van der Waals surface area contributed by atoms with Crippen LogP contribution in [-0.4, -0.2) is 25.7 Å². The molecule has 0 aliphatic rings. The van der Waals surface area contributed by atoms with E-state index in [4.69, 9.17) is 4.74 Å². The van der Waals surface area contributed by atoms with E-state index in [0.29, 0.717) is 0 Å². The third-order valence-electron chi connectivity index (χ3n) is 3.44. The lowest BCUT2D eigenvalue weighted by Gasteiger charge is -2.09. The van der Waals surface area contributed by atoms with Crippen molar-refractivity contribution in [1.82, 2.24) is 19.7 Å². The third kappa shape index (κ3) is 3.42. The summed E-state index contributed by atoms with van der Waals surface area (Å²) in [4.78, 5) is 20.0. The van der Waals surface area contributed by atoms with Gasteiger partial charge in [0, 0.05) is 18.6 Å². The molecule has 0 radical (unpaired) electrons. The minimum absolute atomic E-state index is 0.194. The average molecular weight is 308 g/mol. The number of esters is 1. The molecule has 23 heavy (non-hydrogen) atoms. The quantitative estimate of drug-likeness (QED) is 0.693. The van der Waals surface area contributed by atoms with Crippen LogP contribution >= 0.6 is 0 Å². The van der Waals surface area contributed by atoms with Gasteiger partial charge in [-0.05, 0) is 43.2 Å². The van der Waals surface area contributed by atoms with Crippen molar-refractivity contribution in [2.75, 3.05) is 0 Å². The van der Waals surface area contributed by atoms with Crippen molar-refractivity contribution in [1.29, 1.82) is 0 Å². The number of ether oxygens (including phenoxy) is 1. The van der Waals surface area contributed by atoms with Gasteiger partial charge in [0.15, 0.2) is 5.69 Å². The molecule has 0 N–H and O–H groups in total. The van der Waals surface area contributed by atoms with Gasteiger partial charge in [-0.1, -0.05) is 6.07 Å². The molecule has 3 aromatic rings. The Morgan fingerprint density at radius 1 is 1.22 bits per heavy atom. The first-order chi connectivity index (χ1) is 11.1. The molecule has 0 aliphatic heterocycles. The highest BCUT2D eigenvalue weighted by Gasteiger charge is 2.10. The number of hydrogen-bond donors (Lipinski definition) is 0. The van der Waals surface area contributed by atoms with Gasteiger partial charge in [-0.15, -0.1) is 0 Å². The van der Waals surface area contributed by atoms with Crippen molar-refractivity contribution in [3.05, 3.63) is 71.6 Å². The highest BCUT2D eigenvalue weighted by molar-refractivity contribution is 5.86. The minimum Gasteiger partial charge on any atom is -0.456 e. The molecule has 0 saturated carbocycles. The van der Waals surface area contributed by atoms with E-state index >= 15 is 0 Å². The number of hydrogen-bond acceptors (Lipinski definition) is 5. The summed E-state index contributed by atoms with van der Waals surface area (Å²) in [6.07, 6.45) is 6.57. The van der Waals surface area contributed by atoms with Crippen LogP contribution < -0.4 is 0 Å². The highest BCUT2D eigenvalue weighted by atomic mass is 16.5. The zero-order chi connectivity index (χ0) is 16.2. The molecule has 0 bridgehead atoms. The molecule has 0 unspecified atom stereocenters. The third-order valence-corrected chi connectivity index (χ3v) is 3.44. The van der Waals surface area contributed by atoms with Crippen molar-refractivity contribution >= 4 is 5.97 Å². The topological polar surface area (TPSA) is 69.9 Å². The fourth-order valence-corrected chi connectivity index (χ4v) is 2.12. The minimum atomic E-state index is -0.479. The van der Waals surface area contributed by atoms with Gasteiger partial charge in [0.2, 0.25) is 0 Å². The molecule has 3 rings (SSSR count). The van der Waals surface area contributed by atoms with E-state index in [2.05, 4.69) is 15.1 Å². The maximum absolute atomic E-state index is 12.0. The van der Waals surface area contributed by atoms with Crippen LogP contribution in [0.15, 0.2) is 49.1 Å². The van der Waals surface area contributed by atoms with Gasteiger partial charge in [-0.3, -0.25) is 4.98 Å². The molecular formula is C17H16N4O2. The lowest BCUT2D eigenvalue weighted by molar-refractivity contribution is 0.0464. The molecule has 0 saturated heterocycles. The first-order valence-corrected chi connectivity index (χ1v) is 7.19. The van der Waals surface area contributed by atoms with Gasteiger partial charge in [-0.25, -0.2) is 14.5 Å². The summed E-state index contributed by atoms with van der Waals surface area (Å²) in [5, 5.41) is 4.19. The highest BCUT2D eigenvalue weighted by Crippen LogP contribution is 2.15. The van der Waals surface area contributed by atoms with Crippen LogP contribution in [0.3, 0.4) is 0 Å². The lowest BCUT2D eigenvalue weighted by atomic mass is 10.1. The largest absolute Gasteiger partial charge is 0.456 e. The monoisotopic (exact) mass is 308 g/mol. The molecule has 0 aliphatic carbocycles. The fourth-order valence-electron chi connectivity index (χ4n) is 2.12. The van der Waals surface area contributed by atoms with Gasteiger partial charge in [0.1, 0.15) is 6.61 Å². The Morgan fingerprint density at radius 3 is 2.74 bits per heavy atom. The normalized spacial score (nSPS) is 10.5. The molecule has 2 heterocycles. The second kappa shape index (κ2) is 6.39. The molecule has 116 valence electrons. The SMILES string of the molecule is Cc1cnc(C(=O)OCc2ccc(-n3cccn3)cc2C)cn1. The molecule has 6 heteroatoms. The number of carbonyl (C=O) groups is 1. The Bertz CT molecular complexity index is 811. The van der Waals surface area contributed by atoms with Crippen LogP contribution in [-0.2, 0) is 11.3 Å². The zero-order valence-corrected chi connectivity index (χ0v) is 12.9. The van der Waals surface area contributed by atoms with Gasteiger partial charge >= 0.3 is 5.97 Å². The van der Waals surface area contributed by atoms with Crippen LogP contribution in [0.4, 0.5) is 0 Å². The number of rotatable bonds is 4. The molecular weight excluding hydrogens is 292 g/mol. The standard InChI is InChI=1S/C17H16N4O2/c1-12-8-15(21-7-3-6-20-21)5-4-14(12)11-23-17(22)16-10-18-13(2)9-19-16/h3-10H,11H2,1-2H3. The maximum Gasteiger partial charge on any atom is 0.358 e. The fraction of sp³-hybridized carbons (Fsp3) is 0.176. The van der Waals surface area contributed by atoms with E-state index in [1.54, 1.807) is 17.1 Å². The summed E-state index contributed by atoms with van der Waals surface area (Å²) in [6.45, 7) is 3.98. The summed E-state index contributed by atoms with van der Waals surface area (Å²) in [7, 11) is 0. The van der Waals surface area contributed by atoms with E-state index in [1.165, 1.54) is 6.20 Å². The molecule has 0 amide bonds. The predicted octanol–water partition coefficient (Wildman–Crippen LogP) is 2.64. The van der Waals surface area contributed by atoms with E-state index in [9.17, 15) is 4.79 Å². The average Bonchev–Trinajstić information content (AvgIpc) is 3.08. The van der Waals surface area contributed by atoms with Gasteiger partial charge in [-0.2, -0.15) is 5.10 Å². The van der Waals surface area contributed by atoms with E-state index in [0.717, 1.165) is 22.5 Å². The summed E-state index contributed by atoms with van der Waals surface area (Å²) < 4.78 is 7.08. The van der Waals surface area contributed by atoms with Crippen molar-refractivity contribution in [3.63, 3.8) is 0 Å². The first kappa shape index (κ1) is 14.9. The van der Waals surface area contributed by atoms with Gasteiger partial charge in [0.05, 0.1) is 17.6 Å². The molecule has 6 nitrogen and oxygen atoms in total. The second-order valence-electron chi connectivity index (χ2n) is 5.18. The molecule has 2 aromatic heterocycles. The second-order valence-corrected chi connectivity index (χ2v) is 5.18. The Balaban J connectivity index is 1.68. The van der Waals surface area contributed by atoms with Crippen LogP contribution in [0, 0.1) is 13.8 Å².